The average molecular weight is 274 g/mol. The van der Waals surface area contributed by atoms with E-state index in [0.29, 0.717) is 19.6 Å². The van der Waals surface area contributed by atoms with E-state index in [1.807, 2.05) is 19.0 Å². The Morgan fingerprint density at radius 1 is 1.58 bits per heavy atom. The molecule has 0 aromatic carbocycles. The molecule has 1 saturated heterocycles. The standard InChI is InChI=1S/C12H23FN4O2/c1-16(2)7-4-15-11(18)9-10-12(19)17(6-3-13)8-5-14-10/h10,14H,3-9H2,1-2H3,(H,15,18). The number of piperazine rings is 1. The molecule has 0 aliphatic carbocycles. The maximum absolute atomic E-state index is 12.3. The topological polar surface area (TPSA) is 64.7 Å². The number of nitrogens with one attached hydrogen (secondary N) is 2. The summed E-state index contributed by atoms with van der Waals surface area (Å²) in [6.45, 7) is 1.97. The third kappa shape index (κ3) is 5.52. The van der Waals surface area contributed by atoms with Crippen molar-refractivity contribution in [3.05, 3.63) is 0 Å². The first-order chi connectivity index (χ1) is 9.04. The Balaban J connectivity index is 2.34. The zero-order valence-corrected chi connectivity index (χ0v) is 11.6. The molecular weight excluding hydrogens is 251 g/mol. The van der Waals surface area contributed by atoms with Crippen LogP contribution in [0.5, 0.6) is 0 Å². The second-order valence-corrected chi connectivity index (χ2v) is 4.88. The van der Waals surface area contributed by atoms with Gasteiger partial charge in [0.15, 0.2) is 0 Å². The molecule has 1 fully saturated rings. The summed E-state index contributed by atoms with van der Waals surface area (Å²) in [4.78, 5) is 27.1. The second-order valence-electron chi connectivity index (χ2n) is 4.88. The minimum atomic E-state index is -0.548. The van der Waals surface area contributed by atoms with Crippen LogP contribution in [0.25, 0.3) is 0 Å². The van der Waals surface area contributed by atoms with Gasteiger partial charge < -0.3 is 20.4 Å². The van der Waals surface area contributed by atoms with Crippen molar-refractivity contribution in [3.8, 4) is 0 Å². The number of hydrogen-bond acceptors (Lipinski definition) is 4. The van der Waals surface area contributed by atoms with Crippen molar-refractivity contribution < 1.29 is 14.0 Å². The number of halogens is 1. The summed E-state index contributed by atoms with van der Waals surface area (Å²) in [5, 5.41) is 5.77. The predicted octanol–water partition coefficient (Wildman–Crippen LogP) is -1.18. The summed E-state index contributed by atoms with van der Waals surface area (Å²) in [6, 6.07) is -0.528. The lowest BCUT2D eigenvalue weighted by molar-refractivity contribution is -0.138. The van der Waals surface area contributed by atoms with E-state index >= 15 is 0 Å². The molecule has 1 aliphatic heterocycles. The molecule has 1 rings (SSSR count). The molecule has 0 spiro atoms. The average Bonchev–Trinajstić information content (AvgIpc) is 2.34. The fourth-order valence-electron chi connectivity index (χ4n) is 1.95. The summed E-state index contributed by atoms with van der Waals surface area (Å²) in [7, 11) is 3.85. The van der Waals surface area contributed by atoms with Gasteiger partial charge in [-0.3, -0.25) is 9.59 Å². The minimum Gasteiger partial charge on any atom is -0.355 e. The van der Waals surface area contributed by atoms with Crippen molar-refractivity contribution >= 4 is 11.8 Å². The van der Waals surface area contributed by atoms with E-state index in [9.17, 15) is 14.0 Å². The molecule has 1 aliphatic rings. The largest absolute Gasteiger partial charge is 0.355 e. The highest BCUT2D eigenvalue weighted by atomic mass is 19.1. The summed E-state index contributed by atoms with van der Waals surface area (Å²) >= 11 is 0. The van der Waals surface area contributed by atoms with Gasteiger partial charge in [0.2, 0.25) is 11.8 Å². The second kappa shape index (κ2) is 8.06. The van der Waals surface area contributed by atoms with Crippen LogP contribution in [0.3, 0.4) is 0 Å². The number of rotatable bonds is 7. The molecular formula is C12H23FN4O2. The van der Waals surface area contributed by atoms with Crippen LogP contribution < -0.4 is 10.6 Å². The van der Waals surface area contributed by atoms with Crippen molar-refractivity contribution in [1.29, 1.82) is 0 Å². The van der Waals surface area contributed by atoms with Gasteiger partial charge in [-0.1, -0.05) is 0 Å². The van der Waals surface area contributed by atoms with Gasteiger partial charge in [0, 0.05) is 32.7 Å². The molecule has 0 aromatic heterocycles. The summed E-state index contributed by atoms with van der Waals surface area (Å²) < 4.78 is 12.3. The van der Waals surface area contributed by atoms with Gasteiger partial charge in [0.05, 0.1) is 12.5 Å². The third-order valence-corrected chi connectivity index (χ3v) is 3.01. The number of carbonyl (C=O) groups is 2. The Labute approximate surface area is 113 Å². The van der Waals surface area contributed by atoms with Gasteiger partial charge >= 0.3 is 0 Å². The molecule has 110 valence electrons. The first-order valence-corrected chi connectivity index (χ1v) is 6.54. The Bertz CT molecular complexity index is 310. The number of alkyl halides is 1. The molecule has 1 atom stereocenters. The zero-order chi connectivity index (χ0) is 14.3. The van der Waals surface area contributed by atoms with Crippen molar-refractivity contribution in [2.24, 2.45) is 0 Å². The normalized spacial score (nSPS) is 19.9. The lowest BCUT2D eigenvalue weighted by Gasteiger charge is -2.32. The monoisotopic (exact) mass is 274 g/mol. The molecule has 7 heteroatoms. The van der Waals surface area contributed by atoms with Crippen LogP contribution in [0.4, 0.5) is 4.39 Å². The molecule has 1 unspecified atom stereocenters. The molecule has 19 heavy (non-hydrogen) atoms. The molecule has 1 heterocycles. The number of likely N-dealkylation sites (N-methyl/N-ethyl adjacent to an activating group) is 1. The van der Waals surface area contributed by atoms with Gasteiger partial charge in [0.25, 0.3) is 0 Å². The predicted molar refractivity (Wildman–Crippen MR) is 70.5 cm³/mol. The quantitative estimate of drug-likeness (QED) is 0.614. The number of nitrogens with zero attached hydrogens (tertiary/aromatic N) is 2. The molecule has 2 N–H and O–H groups in total. The van der Waals surface area contributed by atoms with Gasteiger partial charge in [-0.15, -0.1) is 0 Å². The number of amides is 2. The van der Waals surface area contributed by atoms with Gasteiger partial charge in [-0.2, -0.15) is 0 Å². The first kappa shape index (κ1) is 15.8. The summed E-state index contributed by atoms with van der Waals surface area (Å²) in [5.74, 6) is -0.346. The van der Waals surface area contributed by atoms with E-state index in [1.54, 1.807) is 0 Å². The van der Waals surface area contributed by atoms with E-state index in [0.717, 1.165) is 6.54 Å². The van der Waals surface area contributed by atoms with Gasteiger partial charge in [-0.05, 0) is 14.1 Å². The van der Waals surface area contributed by atoms with Crippen molar-refractivity contribution in [3.63, 3.8) is 0 Å². The molecule has 0 aromatic rings. The van der Waals surface area contributed by atoms with Crippen molar-refractivity contribution in [1.82, 2.24) is 20.4 Å². The smallest absolute Gasteiger partial charge is 0.240 e. The summed E-state index contributed by atoms with van der Waals surface area (Å²) in [6.07, 6.45) is 0.106. The van der Waals surface area contributed by atoms with Crippen LogP contribution in [0.15, 0.2) is 0 Å². The van der Waals surface area contributed by atoms with E-state index in [4.69, 9.17) is 0 Å². The van der Waals surface area contributed by atoms with E-state index < -0.39 is 12.7 Å². The van der Waals surface area contributed by atoms with Crippen LogP contribution in [0.1, 0.15) is 6.42 Å². The number of carbonyl (C=O) groups excluding carboxylic acids is 2. The summed E-state index contributed by atoms with van der Waals surface area (Å²) in [5.41, 5.74) is 0. The van der Waals surface area contributed by atoms with E-state index in [-0.39, 0.29) is 24.8 Å². The maximum Gasteiger partial charge on any atom is 0.240 e. The Morgan fingerprint density at radius 2 is 2.32 bits per heavy atom. The third-order valence-electron chi connectivity index (χ3n) is 3.01. The SMILES string of the molecule is CN(C)CCNC(=O)CC1NCCN(CCF)C1=O. The fraction of sp³-hybridized carbons (Fsp3) is 0.833. The lowest BCUT2D eigenvalue weighted by atomic mass is 10.1. The van der Waals surface area contributed by atoms with Crippen LogP contribution in [-0.2, 0) is 9.59 Å². The maximum atomic E-state index is 12.3. The molecule has 0 radical (unpaired) electrons. The fourth-order valence-corrected chi connectivity index (χ4v) is 1.95. The molecule has 2 amide bonds. The van der Waals surface area contributed by atoms with Gasteiger partial charge in [0.1, 0.15) is 6.67 Å². The van der Waals surface area contributed by atoms with Crippen LogP contribution >= 0.6 is 0 Å². The highest BCUT2D eigenvalue weighted by molar-refractivity contribution is 5.88. The number of hydrogen-bond donors (Lipinski definition) is 2. The highest BCUT2D eigenvalue weighted by Crippen LogP contribution is 2.05. The minimum absolute atomic E-state index is 0.106. The Kier molecular flexibility index (Phi) is 6.72. The van der Waals surface area contributed by atoms with E-state index in [2.05, 4.69) is 10.6 Å². The molecule has 0 bridgehead atoms. The van der Waals surface area contributed by atoms with Crippen molar-refractivity contribution in [2.45, 2.75) is 12.5 Å². The Hall–Kier alpha value is -1.21. The Morgan fingerprint density at radius 3 is 2.95 bits per heavy atom. The van der Waals surface area contributed by atoms with Crippen LogP contribution in [-0.4, -0.2) is 81.1 Å². The van der Waals surface area contributed by atoms with Crippen molar-refractivity contribution in [2.75, 3.05) is 53.5 Å². The lowest BCUT2D eigenvalue weighted by Crippen LogP contribution is -2.56. The van der Waals surface area contributed by atoms with Gasteiger partial charge in [-0.25, -0.2) is 4.39 Å². The van der Waals surface area contributed by atoms with Crippen LogP contribution in [0, 0.1) is 0 Å². The molecule has 0 saturated carbocycles. The first-order valence-electron chi connectivity index (χ1n) is 6.54. The highest BCUT2D eigenvalue weighted by Gasteiger charge is 2.29. The zero-order valence-electron chi connectivity index (χ0n) is 11.6. The van der Waals surface area contributed by atoms with Crippen LogP contribution in [0.2, 0.25) is 0 Å². The molecule has 6 nitrogen and oxygen atoms in total. The van der Waals surface area contributed by atoms with E-state index in [1.165, 1.54) is 4.90 Å².